The second kappa shape index (κ2) is 7.24. The zero-order valence-corrected chi connectivity index (χ0v) is 15.6. The molecule has 1 aromatic heterocycles. The molecule has 0 saturated carbocycles. The van der Waals surface area contributed by atoms with Gasteiger partial charge in [0, 0.05) is 13.1 Å². The number of ether oxygens (including phenoxy) is 1. The number of hydrogen-bond acceptors (Lipinski definition) is 4. The highest BCUT2D eigenvalue weighted by molar-refractivity contribution is 7.18. The third-order valence-corrected chi connectivity index (χ3v) is 5.96. The normalized spacial score (nSPS) is 17.8. The van der Waals surface area contributed by atoms with E-state index in [0.717, 1.165) is 36.5 Å². The van der Waals surface area contributed by atoms with Crippen LogP contribution in [0.1, 0.15) is 35.1 Å². The molecule has 0 N–H and O–H groups in total. The molecule has 0 bridgehead atoms. The Balaban J connectivity index is 1.66. The van der Waals surface area contributed by atoms with E-state index >= 15 is 0 Å². The third-order valence-electron chi connectivity index (χ3n) is 4.88. The highest BCUT2D eigenvalue weighted by atomic mass is 32.1. The van der Waals surface area contributed by atoms with Crippen molar-refractivity contribution in [1.82, 2.24) is 9.88 Å². The molecule has 3 aromatic rings. The molecular weight excluding hydrogens is 328 g/mol. The Morgan fingerprint density at radius 3 is 2.64 bits per heavy atom. The summed E-state index contributed by atoms with van der Waals surface area (Å²) < 4.78 is 7.82. The molecule has 4 rings (SSSR count). The van der Waals surface area contributed by atoms with Crippen LogP contribution in [0.2, 0.25) is 0 Å². The van der Waals surface area contributed by atoms with E-state index in [9.17, 15) is 0 Å². The molecule has 4 heteroatoms. The van der Waals surface area contributed by atoms with Crippen molar-refractivity contribution in [3.8, 4) is 0 Å². The van der Waals surface area contributed by atoms with Crippen LogP contribution in [0.25, 0.3) is 10.2 Å². The van der Waals surface area contributed by atoms with Crippen LogP contribution in [0, 0.1) is 6.92 Å². The van der Waals surface area contributed by atoms with E-state index < -0.39 is 0 Å². The SMILES string of the molecule is Cc1ccc2sc(C(OC3CCN(C)CC3)c3ccccc3)nc2c1. The molecule has 130 valence electrons. The van der Waals surface area contributed by atoms with Crippen molar-refractivity contribution in [3.63, 3.8) is 0 Å². The van der Waals surface area contributed by atoms with Crippen molar-refractivity contribution in [2.24, 2.45) is 0 Å². The van der Waals surface area contributed by atoms with E-state index in [1.54, 1.807) is 11.3 Å². The number of rotatable bonds is 4. The van der Waals surface area contributed by atoms with Crippen molar-refractivity contribution in [1.29, 1.82) is 0 Å². The Morgan fingerprint density at radius 1 is 1.12 bits per heavy atom. The van der Waals surface area contributed by atoms with Gasteiger partial charge < -0.3 is 9.64 Å². The lowest BCUT2D eigenvalue weighted by atomic mass is 10.1. The largest absolute Gasteiger partial charge is 0.363 e. The van der Waals surface area contributed by atoms with E-state index in [1.165, 1.54) is 15.8 Å². The summed E-state index contributed by atoms with van der Waals surface area (Å²) in [5, 5.41) is 1.06. The van der Waals surface area contributed by atoms with Gasteiger partial charge in [0.1, 0.15) is 11.1 Å². The van der Waals surface area contributed by atoms with Gasteiger partial charge in [-0.25, -0.2) is 4.98 Å². The summed E-state index contributed by atoms with van der Waals surface area (Å²) in [6, 6.07) is 17.0. The second-order valence-corrected chi connectivity index (χ2v) is 8.01. The summed E-state index contributed by atoms with van der Waals surface area (Å²) in [5.41, 5.74) is 3.52. The van der Waals surface area contributed by atoms with Gasteiger partial charge in [-0.15, -0.1) is 11.3 Å². The topological polar surface area (TPSA) is 25.4 Å². The molecule has 2 heterocycles. The van der Waals surface area contributed by atoms with E-state index in [1.807, 2.05) is 0 Å². The van der Waals surface area contributed by atoms with E-state index in [-0.39, 0.29) is 6.10 Å². The molecule has 1 saturated heterocycles. The van der Waals surface area contributed by atoms with Crippen LogP contribution in [0.5, 0.6) is 0 Å². The molecule has 25 heavy (non-hydrogen) atoms. The summed E-state index contributed by atoms with van der Waals surface area (Å²) in [5.74, 6) is 0. The van der Waals surface area contributed by atoms with Crippen LogP contribution in [0.3, 0.4) is 0 Å². The predicted octanol–water partition coefficient (Wildman–Crippen LogP) is 4.80. The molecule has 0 spiro atoms. The maximum absolute atomic E-state index is 6.59. The van der Waals surface area contributed by atoms with Crippen LogP contribution in [0.15, 0.2) is 48.5 Å². The minimum absolute atomic E-state index is 0.0766. The van der Waals surface area contributed by atoms with Crippen LogP contribution in [-0.4, -0.2) is 36.1 Å². The van der Waals surface area contributed by atoms with Crippen LogP contribution >= 0.6 is 11.3 Å². The minimum Gasteiger partial charge on any atom is -0.363 e. The van der Waals surface area contributed by atoms with Gasteiger partial charge in [-0.05, 0) is 50.1 Å². The highest BCUT2D eigenvalue weighted by Gasteiger charge is 2.25. The number of nitrogens with zero attached hydrogens (tertiary/aromatic N) is 2. The van der Waals surface area contributed by atoms with E-state index in [2.05, 4.69) is 67.4 Å². The van der Waals surface area contributed by atoms with Crippen LogP contribution in [0.4, 0.5) is 0 Å². The summed E-state index contributed by atoms with van der Waals surface area (Å²) in [4.78, 5) is 7.29. The molecule has 1 aliphatic heterocycles. The first kappa shape index (κ1) is 16.7. The van der Waals surface area contributed by atoms with Gasteiger partial charge in [0.25, 0.3) is 0 Å². The van der Waals surface area contributed by atoms with Gasteiger partial charge in [-0.3, -0.25) is 0 Å². The molecule has 0 amide bonds. The monoisotopic (exact) mass is 352 g/mol. The van der Waals surface area contributed by atoms with E-state index in [0.29, 0.717) is 6.10 Å². The molecule has 1 unspecified atom stereocenters. The van der Waals surface area contributed by atoms with E-state index in [4.69, 9.17) is 9.72 Å². The Labute approximate surface area is 153 Å². The average Bonchev–Trinajstić information content (AvgIpc) is 3.04. The Morgan fingerprint density at radius 2 is 1.88 bits per heavy atom. The molecule has 1 aliphatic rings. The zero-order chi connectivity index (χ0) is 17.2. The quantitative estimate of drug-likeness (QED) is 0.674. The number of hydrogen-bond donors (Lipinski definition) is 0. The molecule has 1 fully saturated rings. The molecule has 2 aromatic carbocycles. The lowest BCUT2D eigenvalue weighted by Crippen LogP contribution is -2.35. The lowest BCUT2D eigenvalue weighted by Gasteiger charge is -2.31. The zero-order valence-electron chi connectivity index (χ0n) is 14.8. The first-order valence-corrected chi connectivity index (χ1v) is 9.77. The van der Waals surface area contributed by atoms with Crippen molar-refractivity contribution in [2.45, 2.75) is 32.0 Å². The Hall–Kier alpha value is -1.75. The summed E-state index contributed by atoms with van der Waals surface area (Å²) >= 11 is 1.75. The number of thiazole rings is 1. The third kappa shape index (κ3) is 3.76. The number of aromatic nitrogens is 1. The fraction of sp³-hybridized carbons (Fsp3) is 0.381. The number of likely N-dealkylation sites (tertiary alicyclic amines) is 1. The maximum Gasteiger partial charge on any atom is 0.134 e. The molecule has 0 radical (unpaired) electrons. The predicted molar refractivity (Wildman–Crippen MR) is 104 cm³/mol. The highest BCUT2D eigenvalue weighted by Crippen LogP contribution is 2.35. The van der Waals surface area contributed by atoms with Gasteiger partial charge in [0.15, 0.2) is 0 Å². The van der Waals surface area contributed by atoms with Crippen LogP contribution in [-0.2, 0) is 4.74 Å². The molecule has 0 aliphatic carbocycles. The van der Waals surface area contributed by atoms with Gasteiger partial charge in [-0.1, -0.05) is 36.4 Å². The number of fused-ring (bicyclic) bond motifs is 1. The smallest absolute Gasteiger partial charge is 0.134 e. The lowest BCUT2D eigenvalue weighted by molar-refractivity contribution is -0.0234. The number of aryl methyl sites for hydroxylation is 1. The maximum atomic E-state index is 6.59. The summed E-state index contributed by atoms with van der Waals surface area (Å²) in [6.07, 6.45) is 2.40. The van der Waals surface area contributed by atoms with Crippen molar-refractivity contribution in [2.75, 3.05) is 20.1 Å². The fourth-order valence-corrected chi connectivity index (χ4v) is 4.40. The molecular formula is C21H24N2OS. The van der Waals surface area contributed by atoms with Gasteiger partial charge in [-0.2, -0.15) is 0 Å². The van der Waals surface area contributed by atoms with Gasteiger partial charge >= 0.3 is 0 Å². The summed E-state index contributed by atoms with van der Waals surface area (Å²) in [6.45, 7) is 4.32. The van der Waals surface area contributed by atoms with Crippen molar-refractivity contribution < 1.29 is 4.74 Å². The van der Waals surface area contributed by atoms with Gasteiger partial charge in [0.2, 0.25) is 0 Å². The Kier molecular flexibility index (Phi) is 4.84. The number of piperidine rings is 1. The average molecular weight is 353 g/mol. The minimum atomic E-state index is -0.0766. The Bertz CT molecular complexity index is 837. The van der Waals surface area contributed by atoms with Crippen molar-refractivity contribution in [3.05, 3.63) is 64.7 Å². The first-order chi connectivity index (χ1) is 12.2. The van der Waals surface area contributed by atoms with Crippen LogP contribution < -0.4 is 0 Å². The first-order valence-electron chi connectivity index (χ1n) is 8.95. The molecule has 3 nitrogen and oxygen atoms in total. The van der Waals surface area contributed by atoms with Gasteiger partial charge in [0.05, 0.1) is 16.3 Å². The second-order valence-electron chi connectivity index (χ2n) is 6.95. The summed E-state index contributed by atoms with van der Waals surface area (Å²) in [7, 11) is 2.18. The number of benzene rings is 2. The standard InChI is InChI=1S/C21H24N2OS/c1-15-8-9-19-18(14-15)22-21(25-19)20(16-6-4-3-5-7-16)24-17-10-12-23(2)13-11-17/h3-9,14,17,20H,10-13H2,1-2H3. The fourth-order valence-electron chi connectivity index (χ4n) is 3.39. The van der Waals surface area contributed by atoms with Crippen molar-refractivity contribution >= 4 is 21.6 Å². The molecule has 1 atom stereocenters.